The Kier molecular flexibility index (Phi) is 4.44. The third kappa shape index (κ3) is 3.27. The Hall–Kier alpha value is -1.44. The fourth-order valence-electron chi connectivity index (χ4n) is 3.48. The maximum Gasteiger partial charge on any atom is 0.218 e. The molecule has 0 bridgehead atoms. The highest BCUT2D eigenvalue weighted by Crippen LogP contribution is 2.34. The second kappa shape index (κ2) is 6.22. The first-order chi connectivity index (χ1) is 11.0. The first kappa shape index (κ1) is 16.4. The SMILES string of the molecule is CC1CCCCC1(CN)NS(=O)(=O)Cc1noc2ccccc12. The number of hydrogen-bond donors (Lipinski definition) is 2. The lowest BCUT2D eigenvalue weighted by Crippen LogP contribution is -2.59. The van der Waals surface area contributed by atoms with Crippen LogP contribution in [0.15, 0.2) is 28.8 Å². The standard InChI is InChI=1S/C16H23N3O3S/c1-12-6-4-5-9-16(12,11-17)19-23(20,21)10-14-13-7-2-3-8-15(13)22-18-14/h2-3,7-8,12,19H,4-6,9-11,17H2,1H3. The van der Waals surface area contributed by atoms with Crippen LogP contribution in [-0.2, 0) is 15.8 Å². The van der Waals surface area contributed by atoms with Crippen molar-refractivity contribution in [3.8, 4) is 0 Å². The van der Waals surface area contributed by atoms with Crippen LogP contribution in [0.3, 0.4) is 0 Å². The Morgan fingerprint density at radius 2 is 2.17 bits per heavy atom. The topological polar surface area (TPSA) is 98.2 Å². The molecule has 1 saturated carbocycles. The fraction of sp³-hybridized carbons (Fsp3) is 0.562. The zero-order chi connectivity index (χ0) is 16.5. The number of benzene rings is 1. The van der Waals surface area contributed by atoms with Crippen LogP contribution >= 0.6 is 0 Å². The molecule has 0 spiro atoms. The van der Waals surface area contributed by atoms with Crippen molar-refractivity contribution < 1.29 is 12.9 Å². The van der Waals surface area contributed by atoms with E-state index in [0.717, 1.165) is 31.1 Å². The fourth-order valence-corrected chi connectivity index (χ4v) is 5.12. The largest absolute Gasteiger partial charge is 0.356 e. The zero-order valence-corrected chi connectivity index (χ0v) is 14.1. The summed E-state index contributed by atoms with van der Waals surface area (Å²) in [5, 5.41) is 4.65. The summed E-state index contributed by atoms with van der Waals surface area (Å²) in [4.78, 5) is 0. The third-order valence-corrected chi connectivity index (χ3v) is 6.33. The minimum absolute atomic E-state index is 0.196. The van der Waals surface area contributed by atoms with Crippen molar-refractivity contribution in [3.05, 3.63) is 30.0 Å². The number of nitrogens with one attached hydrogen (secondary N) is 1. The number of fused-ring (bicyclic) bond motifs is 1. The van der Waals surface area contributed by atoms with Crippen molar-refractivity contribution in [2.45, 2.75) is 43.9 Å². The Morgan fingerprint density at radius 3 is 2.91 bits per heavy atom. The van der Waals surface area contributed by atoms with Crippen LogP contribution < -0.4 is 10.5 Å². The van der Waals surface area contributed by atoms with Gasteiger partial charge in [-0.2, -0.15) is 0 Å². The van der Waals surface area contributed by atoms with Crippen molar-refractivity contribution in [3.63, 3.8) is 0 Å². The van der Waals surface area contributed by atoms with Gasteiger partial charge in [0.15, 0.2) is 5.58 Å². The summed E-state index contributed by atoms with van der Waals surface area (Å²) in [5.41, 5.74) is 6.42. The van der Waals surface area contributed by atoms with E-state index in [9.17, 15) is 8.42 Å². The molecule has 2 aromatic rings. The maximum atomic E-state index is 12.7. The van der Waals surface area contributed by atoms with Gasteiger partial charge < -0.3 is 10.3 Å². The molecule has 2 atom stereocenters. The lowest BCUT2D eigenvalue weighted by molar-refractivity contribution is 0.191. The number of rotatable bonds is 5. The molecule has 0 amide bonds. The smallest absolute Gasteiger partial charge is 0.218 e. The molecule has 3 rings (SSSR count). The average molecular weight is 337 g/mol. The van der Waals surface area contributed by atoms with E-state index < -0.39 is 15.6 Å². The van der Waals surface area contributed by atoms with Crippen molar-refractivity contribution in [2.75, 3.05) is 6.54 Å². The summed E-state index contributed by atoms with van der Waals surface area (Å²) in [7, 11) is -3.55. The van der Waals surface area contributed by atoms with Gasteiger partial charge in [0.25, 0.3) is 0 Å². The number of nitrogens with zero attached hydrogens (tertiary/aromatic N) is 1. The number of para-hydroxylation sites is 1. The summed E-state index contributed by atoms with van der Waals surface area (Å²) < 4.78 is 33.4. The molecule has 1 heterocycles. The van der Waals surface area contributed by atoms with Crippen LogP contribution in [0.4, 0.5) is 0 Å². The molecule has 126 valence electrons. The number of aromatic nitrogens is 1. The first-order valence-electron chi connectivity index (χ1n) is 8.01. The molecule has 3 N–H and O–H groups in total. The molecule has 1 aliphatic carbocycles. The monoisotopic (exact) mass is 337 g/mol. The van der Waals surface area contributed by atoms with Crippen LogP contribution in [0.2, 0.25) is 0 Å². The van der Waals surface area contributed by atoms with Gasteiger partial charge in [-0.3, -0.25) is 0 Å². The Labute approximate surface area is 136 Å². The van der Waals surface area contributed by atoms with E-state index in [1.165, 1.54) is 0 Å². The van der Waals surface area contributed by atoms with Crippen LogP contribution in [0.25, 0.3) is 11.0 Å². The second-order valence-electron chi connectivity index (χ2n) is 6.49. The number of sulfonamides is 1. The van der Waals surface area contributed by atoms with E-state index in [1.807, 2.05) is 18.2 Å². The van der Waals surface area contributed by atoms with E-state index in [0.29, 0.717) is 17.8 Å². The first-order valence-corrected chi connectivity index (χ1v) is 9.66. The van der Waals surface area contributed by atoms with Gasteiger partial charge in [0, 0.05) is 17.5 Å². The third-order valence-electron chi connectivity index (χ3n) is 4.96. The van der Waals surface area contributed by atoms with Crippen LogP contribution in [0.1, 0.15) is 38.3 Å². The highest BCUT2D eigenvalue weighted by molar-refractivity contribution is 7.88. The normalized spacial score (nSPS) is 25.7. The molecule has 0 aliphatic heterocycles. The molecule has 0 saturated heterocycles. The maximum absolute atomic E-state index is 12.7. The van der Waals surface area contributed by atoms with Crippen molar-refractivity contribution in [1.82, 2.24) is 9.88 Å². The highest BCUT2D eigenvalue weighted by atomic mass is 32.2. The minimum atomic E-state index is -3.55. The highest BCUT2D eigenvalue weighted by Gasteiger charge is 2.40. The molecule has 6 nitrogen and oxygen atoms in total. The van der Waals surface area contributed by atoms with Gasteiger partial charge in [-0.05, 0) is 30.9 Å². The Bertz CT molecular complexity index is 787. The summed E-state index contributed by atoms with van der Waals surface area (Å²) in [6, 6.07) is 7.26. The predicted octanol–water partition coefficient (Wildman–Crippen LogP) is 2.15. The summed E-state index contributed by atoms with van der Waals surface area (Å²) >= 11 is 0. The molecule has 23 heavy (non-hydrogen) atoms. The van der Waals surface area contributed by atoms with Gasteiger partial charge in [-0.25, -0.2) is 13.1 Å². The van der Waals surface area contributed by atoms with Gasteiger partial charge in [-0.1, -0.05) is 37.1 Å². The van der Waals surface area contributed by atoms with Crippen LogP contribution in [0, 0.1) is 5.92 Å². The van der Waals surface area contributed by atoms with E-state index in [1.54, 1.807) is 6.07 Å². The minimum Gasteiger partial charge on any atom is -0.356 e. The summed E-state index contributed by atoms with van der Waals surface area (Å²) in [6.07, 6.45) is 3.89. The van der Waals surface area contributed by atoms with Gasteiger partial charge in [-0.15, -0.1) is 0 Å². The van der Waals surface area contributed by atoms with Gasteiger partial charge in [0.1, 0.15) is 11.4 Å². The van der Waals surface area contributed by atoms with Crippen LogP contribution in [0.5, 0.6) is 0 Å². The van der Waals surface area contributed by atoms with E-state index in [2.05, 4.69) is 16.8 Å². The Morgan fingerprint density at radius 1 is 1.39 bits per heavy atom. The van der Waals surface area contributed by atoms with Gasteiger partial charge in [0.05, 0.1) is 0 Å². The number of nitrogens with two attached hydrogens (primary N) is 1. The van der Waals surface area contributed by atoms with Gasteiger partial charge >= 0.3 is 0 Å². The van der Waals surface area contributed by atoms with Crippen LogP contribution in [-0.4, -0.2) is 25.7 Å². The molecule has 2 unspecified atom stereocenters. The zero-order valence-electron chi connectivity index (χ0n) is 13.3. The van der Waals surface area contributed by atoms with Crippen molar-refractivity contribution in [2.24, 2.45) is 11.7 Å². The molecule has 1 fully saturated rings. The predicted molar refractivity (Wildman–Crippen MR) is 89.2 cm³/mol. The average Bonchev–Trinajstić information content (AvgIpc) is 2.92. The molecule has 1 aromatic carbocycles. The van der Waals surface area contributed by atoms with Crippen molar-refractivity contribution >= 4 is 21.0 Å². The number of hydrogen-bond acceptors (Lipinski definition) is 5. The molecule has 7 heteroatoms. The molecule has 1 aromatic heterocycles. The summed E-state index contributed by atoms with van der Waals surface area (Å²) in [6.45, 7) is 2.38. The quantitative estimate of drug-likeness (QED) is 0.871. The van der Waals surface area contributed by atoms with E-state index in [4.69, 9.17) is 10.3 Å². The lowest BCUT2D eigenvalue weighted by Gasteiger charge is -2.42. The van der Waals surface area contributed by atoms with E-state index in [-0.39, 0.29) is 11.7 Å². The van der Waals surface area contributed by atoms with Crippen molar-refractivity contribution in [1.29, 1.82) is 0 Å². The molecule has 1 aliphatic rings. The van der Waals surface area contributed by atoms with Gasteiger partial charge in [0.2, 0.25) is 10.0 Å². The van der Waals surface area contributed by atoms with E-state index >= 15 is 0 Å². The second-order valence-corrected chi connectivity index (χ2v) is 8.22. The Balaban J connectivity index is 1.84. The summed E-state index contributed by atoms with van der Waals surface area (Å²) in [5.74, 6) is 0.0310. The molecule has 0 radical (unpaired) electrons. The lowest BCUT2D eigenvalue weighted by atomic mass is 9.74. The molecular formula is C16H23N3O3S. The molecular weight excluding hydrogens is 314 g/mol.